The molecule has 3 aromatic rings. The van der Waals surface area contributed by atoms with Crippen LogP contribution in [0.25, 0.3) is 16.9 Å². The number of aromatic nitrogens is 2. The molecule has 22 heavy (non-hydrogen) atoms. The second-order valence-electron chi connectivity index (χ2n) is 5.02. The molecule has 0 fully saturated rings. The van der Waals surface area contributed by atoms with Crippen LogP contribution in [0.5, 0.6) is 11.5 Å². The second kappa shape index (κ2) is 4.75. The first-order valence-electron chi connectivity index (χ1n) is 6.65. The normalized spacial score (nSPS) is 12.6. The van der Waals surface area contributed by atoms with Crippen LogP contribution >= 0.6 is 15.9 Å². The summed E-state index contributed by atoms with van der Waals surface area (Å²) in [5.41, 5.74) is 3.74. The number of halogens is 1. The van der Waals surface area contributed by atoms with Gasteiger partial charge < -0.3 is 9.47 Å². The molecule has 1 aliphatic rings. The van der Waals surface area contributed by atoms with Crippen LogP contribution in [-0.4, -0.2) is 16.2 Å². The zero-order valence-electron chi connectivity index (χ0n) is 11.6. The lowest BCUT2D eigenvalue weighted by atomic mass is 10.1. The van der Waals surface area contributed by atoms with Gasteiger partial charge in [-0.1, -0.05) is 0 Å². The Bertz CT molecular complexity index is 956. The summed E-state index contributed by atoms with van der Waals surface area (Å²) in [7, 11) is 0. The molecule has 0 atom stereocenters. The first-order chi connectivity index (χ1) is 10.7. The highest BCUT2D eigenvalue weighted by Gasteiger charge is 2.19. The molecular weight excluding hydrogens is 346 g/mol. The molecule has 108 valence electrons. The number of hydrogen-bond acceptors (Lipinski definition) is 4. The summed E-state index contributed by atoms with van der Waals surface area (Å²) in [5, 5.41) is 9.56. The van der Waals surface area contributed by atoms with E-state index >= 15 is 0 Å². The number of pyridine rings is 1. The van der Waals surface area contributed by atoms with Gasteiger partial charge in [0.2, 0.25) is 6.79 Å². The molecule has 0 saturated heterocycles. The molecule has 6 heteroatoms. The summed E-state index contributed by atoms with van der Waals surface area (Å²) in [4.78, 5) is 4.64. The van der Waals surface area contributed by atoms with Gasteiger partial charge in [-0.25, -0.2) is 4.98 Å². The van der Waals surface area contributed by atoms with Gasteiger partial charge in [0.1, 0.15) is 17.4 Å². The molecular formula is C16H10BrN3O2. The maximum atomic E-state index is 9.56. The highest BCUT2D eigenvalue weighted by molar-refractivity contribution is 9.10. The number of fused-ring (bicyclic) bond motifs is 2. The zero-order chi connectivity index (χ0) is 15.3. The Morgan fingerprint density at radius 1 is 1.27 bits per heavy atom. The average Bonchev–Trinajstić information content (AvgIpc) is 3.09. The lowest BCUT2D eigenvalue weighted by Crippen LogP contribution is -1.92. The van der Waals surface area contributed by atoms with E-state index in [0.29, 0.717) is 22.9 Å². The van der Waals surface area contributed by atoms with Gasteiger partial charge in [-0.15, -0.1) is 0 Å². The van der Waals surface area contributed by atoms with Gasteiger partial charge in [-0.2, -0.15) is 5.26 Å². The van der Waals surface area contributed by atoms with Gasteiger partial charge >= 0.3 is 0 Å². The lowest BCUT2D eigenvalue weighted by Gasteiger charge is -2.01. The molecule has 0 amide bonds. The van der Waals surface area contributed by atoms with E-state index in [1.54, 1.807) is 4.40 Å². The summed E-state index contributed by atoms with van der Waals surface area (Å²) < 4.78 is 13.4. The highest BCUT2D eigenvalue weighted by Crippen LogP contribution is 2.37. The van der Waals surface area contributed by atoms with Gasteiger partial charge in [0, 0.05) is 16.2 Å². The van der Waals surface area contributed by atoms with Gasteiger partial charge in [-0.3, -0.25) is 4.40 Å². The van der Waals surface area contributed by atoms with Crippen molar-refractivity contribution in [2.24, 2.45) is 0 Å². The molecule has 0 radical (unpaired) electrons. The highest BCUT2D eigenvalue weighted by atomic mass is 79.9. The lowest BCUT2D eigenvalue weighted by molar-refractivity contribution is 0.174. The molecule has 0 saturated carbocycles. The third kappa shape index (κ3) is 1.86. The van der Waals surface area contributed by atoms with Crippen molar-refractivity contribution >= 4 is 21.6 Å². The minimum Gasteiger partial charge on any atom is -0.454 e. The van der Waals surface area contributed by atoms with Gasteiger partial charge in [0.25, 0.3) is 0 Å². The fraction of sp³-hybridized carbons (Fsp3) is 0.125. The number of hydrogen-bond donors (Lipinski definition) is 0. The van der Waals surface area contributed by atoms with Crippen LogP contribution in [0.4, 0.5) is 0 Å². The van der Waals surface area contributed by atoms with Crippen molar-refractivity contribution in [2.45, 2.75) is 6.92 Å². The molecule has 0 spiro atoms. The quantitative estimate of drug-likeness (QED) is 0.668. The molecule has 1 aromatic carbocycles. The average molecular weight is 356 g/mol. The number of imidazole rings is 1. The van der Waals surface area contributed by atoms with E-state index in [4.69, 9.17) is 9.47 Å². The molecule has 3 heterocycles. The van der Waals surface area contributed by atoms with E-state index in [2.05, 4.69) is 27.0 Å². The van der Waals surface area contributed by atoms with Crippen molar-refractivity contribution < 1.29 is 9.47 Å². The van der Waals surface area contributed by atoms with E-state index in [1.165, 1.54) is 0 Å². The van der Waals surface area contributed by atoms with Crippen LogP contribution in [-0.2, 0) is 0 Å². The first kappa shape index (κ1) is 13.2. The number of aryl methyl sites for hydroxylation is 1. The van der Waals surface area contributed by atoms with Gasteiger partial charge in [0.15, 0.2) is 17.2 Å². The summed E-state index contributed by atoms with van der Waals surface area (Å²) in [5.74, 6) is 1.39. The molecule has 1 aliphatic heterocycles. The third-order valence-electron chi connectivity index (χ3n) is 3.62. The number of nitrogens with zero attached hydrogens (tertiary/aromatic N) is 3. The molecule has 0 bridgehead atoms. The van der Waals surface area contributed by atoms with E-state index in [-0.39, 0.29) is 6.79 Å². The van der Waals surface area contributed by atoms with E-state index in [1.807, 2.05) is 37.4 Å². The molecule has 2 aromatic heterocycles. The SMILES string of the molecule is Cc1cc(Br)cn2c(C#N)c(-c3ccc4c(c3)OCO4)nc12. The van der Waals surface area contributed by atoms with Crippen molar-refractivity contribution in [3.05, 3.63) is 46.2 Å². The van der Waals surface area contributed by atoms with Crippen molar-refractivity contribution in [3.63, 3.8) is 0 Å². The topological polar surface area (TPSA) is 59.5 Å². The van der Waals surface area contributed by atoms with Crippen LogP contribution in [0, 0.1) is 18.3 Å². The van der Waals surface area contributed by atoms with Crippen LogP contribution in [0.15, 0.2) is 34.9 Å². The smallest absolute Gasteiger partial charge is 0.231 e. The Labute approximate surface area is 134 Å². The Kier molecular flexibility index (Phi) is 2.84. The van der Waals surface area contributed by atoms with Crippen LogP contribution in [0.3, 0.4) is 0 Å². The van der Waals surface area contributed by atoms with Crippen molar-refractivity contribution in [1.82, 2.24) is 9.38 Å². The molecule has 5 nitrogen and oxygen atoms in total. The number of rotatable bonds is 1. The van der Waals surface area contributed by atoms with Crippen molar-refractivity contribution in [3.8, 4) is 28.8 Å². The van der Waals surface area contributed by atoms with Crippen molar-refractivity contribution in [2.75, 3.05) is 6.79 Å². The maximum absolute atomic E-state index is 9.56. The third-order valence-corrected chi connectivity index (χ3v) is 4.06. The standard InChI is InChI=1S/C16H10BrN3O2/c1-9-4-11(17)7-20-12(6-18)15(19-16(9)20)10-2-3-13-14(5-10)22-8-21-13/h2-5,7H,8H2,1H3. The van der Waals surface area contributed by atoms with Crippen molar-refractivity contribution in [1.29, 1.82) is 5.26 Å². The number of nitriles is 1. The van der Waals surface area contributed by atoms with E-state index < -0.39 is 0 Å². The summed E-state index contributed by atoms with van der Waals surface area (Å²) >= 11 is 3.46. The number of ether oxygens (including phenoxy) is 2. The minimum atomic E-state index is 0.223. The van der Waals surface area contributed by atoms with Crippen LogP contribution in [0.2, 0.25) is 0 Å². The number of benzene rings is 1. The predicted molar refractivity (Wildman–Crippen MR) is 83.9 cm³/mol. The summed E-state index contributed by atoms with van der Waals surface area (Å²) in [6.07, 6.45) is 1.85. The summed E-state index contributed by atoms with van der Waals surface area (Å²) in [6.45, 7) is 2.19. The van der Waals surface area contributed by atoms with E-state index in [9.17, 15) is 5.26 Å². The minimum absolute atomic E-state index is 0.223. The fourth-order valence-corrected chi connectivity index (χ4v) is 3.17. The molecule has 4 rings (SSSR count). The Morgan fingerprint density at radius 2 is 2.09 bits per heavy atom. The van der Waals surface area contributed by atoms with Gasteiger partial charge in [0.05, 0.1) is 0 Å². The Morgan fingerprint density at radius 3 is 2.91 bits per heavy atom. The van der Waals surface area contributed by atoms with Crippen LogP contribution < -0.4 is 9.47 Å². The molecule has 0 N–H and O–H groups in total. The Hall–Kier alpha value is -2.52. The molecule has 0 aliphatic carbocycles. The predicted octanol–water partition coefficient (Wildman–Crippen LogP) is 3.67. The fourth-order valence-electron chi connectivity index (χ4n) is 2.62. The Balaban J connectivity index is 1.99. The maximum Gasteiger partial charge on any atom is 0.231 e. The second-order valence-corrected chi connectivity index (χ2v) is 5.94. The first-order valence-corrected chi connectivity index (χ1v) is 7.45. The van der Waals surface area contributed by atoms with Crippen LogP contribution in [0.1, 0.15) is 11.3 Å². The zero-order valence-corrected chi connectivity index (χ0v) is 13.2. The monoisotopic (exact) mass is 355 g/mol. The molecule has 0 unspecified atom stereocenters. The van der Waals surface area contributed by atoms with Gasteiger partial charge in [-0.05, 0) is 52.7 Å². The van der Waals surface area contributed by atoms with E-state index in [0.717, 1.165) is 21.2 Å². The largest absolute Gasteiger partial charge is 0.454 e. The summed E-state index contributed by atoms with van der Waals surface area (Å²) in [6, 6.07) is 9.81.